The number of hydrogen-bond donors (Lipinski definition) is 1. The number of aliphatic carboxylic acids is 1. The Hall–Kier alpha value is -4.60. The first-order valence-electron chi connectivity index (χ1n) is 15.9. The van der Waals surface area contributed by atoms with Crippen LogP contribution >= 0.6 is 0 Å². The largest absolute Gasteiger partial charge is 0.481 e. The molecule has 1 atom stereocenters. The van der Waals surface area contributed by atoms with Crippen LogP contribution in [0.5, 0.6) is 0 Å². The van der Waals surface area contributed by atoms with Gasteiger partial charge in [0.25, 0.3) is 5.91 Å². The summed E-state index contributed by atoms with van der Waals surface area (Å²) >= 11 is 0. The number of carbonyl (C=O) groups excluding carboxylic acids is 3. The lowest BCUT2D eigenvalue weighted by Crippen LogP contribution is -2.61. The van der Waals surface area contributed by atoms with Crippen LogP contribution in [0.25, 0.3) is 16.9 Å². The Balaban J connectivity index is 1.73. The molecule has 1 saturated heterocycles. The highest BCUT2D eigenvalue weighted by atomic mass is 16.6. The number of amides is 3. The van der Waals surface area contributed by atoms with Gasteiger partial charge in [0.1, 0.15) is 5.60 Å². The number of piperazine rings is 1. The van der Waals surface area contributed by atoms with Gasteiger partial charge in [-0.15, -0.1) is 0 Å². The Kier molecular flexibility index (Phi) is 10.9. The van der Waals surface area contributed by atoms with E-state index in [0.29, 0.717) is 5.56 Å². The van der Waals surface area contributed by atoms with Gasteiger partial charge in [0, 0.05) is 56.4 Å². The first-order valence-corrected chi connectivity index (χ1v) is 15.9. The summed E-state index contributed by atoms with van der Waals surface area (Å²) in [6.45, 7) is 12.1. The summed E-state index contributed by atoms with van der Waals surface area (Å²) in [5.41, 5.74) is 3.34. The van der Waals surface area contributed by atoms with Gasteiger partial charge in [-0.1, -0.05) is 48.5 Å². The fourth-order valence-corrected chi connectivity index (χ4v) is 5.88. The van der Waals surface area contributed by atoms with Crippen LogP contribution in [0.1, 0.15) is 69.9 Å². The Bertz CT molecular complexity index is 1530. The first-order chi connectivity index (χ1) is 21.8. The fourth-order valence-electron chi connectivity index (χ4n) is 5.88. The second-order valence-electron chi connectivity index (χ2n) is 13.1. The van der Waals surface area contributed by atoms with E-state index in [9.17, 15) is 19.2 Å². The highest BCUT2D eigenvalue weighted by Crippen LogP contribution is 2.33. The molecule has 3 amide bonds. The van der Waals surface area contributed by atoms with E-state index < -0.39 is 23.7 Å². The number of nitrogens with zero attached hydrogens (tertiary/aromatic N) is 4. The number of carbonyl (C=O) groups is 4. The van der Waals surface area contributed by atoms with Crippen LogP contribution < -0.4 is 0 Å². The number of hydrogen-bond acceptors (Lipinski definition) is 5. The van der Waals surface area contributed by atoms with Crippen LogP contribution in [0.2, 0.25) is 0 Å². The molecule has 4 rings (SSSR count). The van der Waals surface area contributed by atoms with E-state index in [2.05, 4.69) is 4.57 Å². The minimum atomic E-state index is -0.951. The van der Waals surface area contributed by atoms with E-state index >= 15 is 0 Å². The maximum atomic E-state index is 14.7. The Morgan fingerprint density at radius 3 is 2.17 bits per heavy atom. The number of rotatable bonds is 10. The van der Waals surface area contributed by atoms with Crippen molar-refractivity contribution in [3.8, 4) is 16.9 Å². The van der Waals surface area contributed by atoms with Gasteiger partial charge in [-0.2, -0.15) is 0 Å². The van der Waals surface area contributed by atoms with Crippen molar-refractivity contribution in [3.05, 3.63) is 78.0 Å². The molecule has 46 heavy (non-hydrogen) atoms. The Morgan fingerprint density at radius 1 is 0.957 bits per heavy atom. The molecule has 2 heterocycles. The van der Waals surface area contributed by atoms with E-state index in [1.165, 1.54) is 0 Å². The maximum absolute atomic E-state index is 14.7. The van der Waals surface area contributed by atoms with Crippen molar-refractivity contribution in [3.63, 3.8) is 0 Å². The van der Waals surface area contributed by atoms with Gasteiger partial charge >= 0.3 is 12.1 Å². The average Bonchev–Trinajstić information content (AvgIpc) is 3.35. The molecule has 2 aromatic carbocycles. The summed E-state index contributed by atoms with van der Waals surface area (Å²) in [4.78, 5) is 57.3. The molecule has 3 aromatic rings. The van der Waals surface area contributed by atoms with Gasteiger partial charge in [-0.25, -0.2) is 4.79 Å². The molecule has 0 radical (unpaired) electrons. The summed E-state index contributed by atoms with van der Waals surface area (Å²) < 4.78 is 7.75. The second-order valence-corrected chi connectivity index (χ2v) is 13.1. The molecule has 0 unspecified atom stereocenters. The number of aromatic nitrogens is 1. The topological polar surface area (TPSA) is 112 Å². The lowest BCUT2D eigenvalue weighted by Gasteiger charge is -2.44. The van der Waals surface area contributed by atoms with Crippen LogP contribution in [0, 0.1) is 6.92 Å². The van der Waals surface area contributed by atoms with E-state index in [-0.39, 0.29) is 63.3 Å². The summed E-state index contributed by atoms with van der Waals surface area (Å²) in [6, 6.07) is 20.9. The van der Waals surface area contributed by atoms with Gasteiger partial charge in [0.2, 0.25) is 5.91 Å². The molecular formula is C36H46N4O6. The van der Waals surface area contributed by atoms with E-state index in [1.54, 1.807) is 14.7 Å². The van der Waals surface area contributed by atoms with E-state index in [0.717, 1.165) is 22.6 Å². The van der Waals surface area contributed by atoms with Gasteiger partial charge in [0.05, 0.1) is 17.3 Å². The van der Waals surface area contributed by atoms with Crippen molar-refractivity contribution in [1.82, 2.24) is 19.3 Å². The minimum Gasteiger partial charge on any atom is -0.481 e. The summed E-state index contributed by atoms with van der Waals surface area (Å²) in [7, 11) is 0. The van der Waals surface area contributed by atoms with Crippen molar-refractivity contribution in [2.45, 2.75) is 78.5 Å². The Morgan fingerprint density at radius 2 is 1.59 bits per heavy atom. The zero-order chi connectivity index (χ0) is 33.6. The highest BCUT2D eigenvalue weighted by Gasteiger charge is 2.38. The molecule has 0 spiro atoms. The molecule has 246 valence electrons. The molecular weight excluding hydrogens is 584 g/mol. The van der Waals surface area contributed by atoms with Crippen molar-refractivity contribution in [1.29, 1.82) is 0 Å². The lowest BCUT2D eigenvalue weighted by atomic mass is 10.0. The maximum Gasteiger partial charge on any atom is 0.410 e. The molecule has 0 bridgehead atoms. The van der Waals surface area contributed by atoms with Crippen molar-refractivity contribution >= 4 is 23.9 Å². The zero-order valence-electron chi connectivity index (χ0n) is 27.7. The van der Waals surface area contributed by atoms with Crippen molar-refractivity contribution in [2.75, 3.05) is 26.2 Å². The number of benzene rings is 2. The normalized spacial score (nSPS) is 15.2. The summed E-state index contributed by atoms with van der Waals surface area (Å²) in [5, 5.41) is 9.08. The molecule has 1 aliphatic heterocycles. The quantitative estimate of drug-likeness (QED) is 0.294. The van der Waals surface area contributed by atoms with Gasteiger partial charge in [-0.05, 0) is 71.7 Å². The number of carboxylic acid groups (broad SMARTS) is 1. The molecule has 1 N–H and O–H groups in total. The molecule has 10 heteroatoms. The first kappa shape index (κ1) is 34.3. The van der Waals surface area contributed by atoms with Crippen molar-refractivity contribution in [2.24, 2.45) is 0 Å². The van der Waals surface area contributed by atoms with E-state index in [1.807, 2.05) is 108 Å². The lowest BCUT2D eigenvalue weighted by molar-refractivity contribution is -0.137. The summed E-state index contributed by atoms with van der Waals surface area (Å²) in [5.74, 6) is -1.32. The fraction of sp³-hybridized carbons (Fsp3) is 0.444. The number of para-hydroxylation sites is 1. The second kappa shape index (κ2) is 14.7. The molecule has 1 aliphatic rings. The third-order valence-corrected chi connectivity index (χ3v) is 8.00. The van der Waals surface area contributed by atoms with Crippen LogP contribution in [-0.2, 0) is 14.3 Å². The number of aryl methyl sites for hydroxylation is 1. The van der Waals surface area contributed by atoms with Gasteiger partial charge < -0.3 is 29.1 Å². The molecule has 0 aliphatic carbocycles. The third kappa shape index (κ3) is 8.35. The standard InChI is InChI=1S/C36H46N4O6/c1-25(2)39(31(41)18-13-19-32(42)43)24-29-23-37(35(45)46-36(4,5)6)20-21-38(29)34(44)30-22-26(3)40(28-16-11-8-12-17-28)33(30)27-14-9-7-10-15-27/h7-12,14-17,22,25,29H,13,18-21,23-24H2,1-6H3,(H,42,43)/t29-/m0/s1. The number of carboxylic acids is 1. The smallest absolute Gasteiger partial charge is 0.410 e. The predicted octanol–water partition coefficient (Wildman–Crippen LogP) is 6.01. The van der Waals surface area contributed by atoms with Crippen LogP contribution in [0.3, 0.4) is 0 Å². The zero-order valence-corrected chi connectivity index (χ0v) is 27.7. The van der Waals surface area contributed by atoms with Crippen LogP contribution in [0.15, 0.2) is 66.7 Å². The van der Waals surface area contributed by atoms with Crippen LogP contribution in [-0.4, -0.2) is 92.1 Å². The minimum absolute atomic E-state index is 0.0816. The highest BCUT2D eigenvalue weighted by molar-refractivity contribution is 6.01. The predicted molar refractivity (Wildman–Crippen MR) is 177 cm³/mol. The SMILES string of the molecule is Cc1cc(C(=O)N2CCN(C(=O)OC(C)(C)C)C[C@H]2CN(C(=O)CCCC(=O)O)C(C)C)c(-c2ccccc2)n1-c1ccccc1. The Labute approximate surface area is 271 Å². The monoisotopic (exact) mass is 630 g/mol. The molecule has 1 fully saturated rings. The average molecular weight is 631 g/mol. The van der Waals surface area contributed by atoms with E-state index in [4.69, 9.17) is 9.84 Å². The third-order valence-electron chi connectivity index (χ3n) is 8.00. The number of ether oxygens (including phenoxy) is 1. The van der Waals surface area contributed by atoms with Crippen LogP contribution in [0.4, 0.5) is 4.79 Å². The van der Waals surface area contributed by atoms with Gasteiger partial charge in [0.15, 0.2) is 0 Å². The molecule has 0 saturated carbocycles. The van der Waals surface area contributed by atoms with Crippen molar-refractivity contribution < 1.29 is 29.0 Å². The molecule has 10 nitrogen and oxygen atoms in total. The summed E-state index contributed by atoms with van der Waals surface area (Å²) in [6.07, 6.45) is -0.262. The molecule has 1 aromatic heterocycles. The van der Waals surface area contributed by atoms with Gasteiger partial charge in [-0.3, -0.25) is 14.4 Å².